The van der Waals surface area contributed by atoms with Crippen molar-refractivity contribution >= 4 is 17.2 Å². The number of thiocarbonyl (C=S) groups is 1. The summed E-state index contributed by atoms with van der Waals surface area (Å²) in [7, 11) is 0. The molecule has 0 amide bonds. The minimum atomic E-state index is -4.68. The van der Waals surface area contributed by atoms with E-state index in [4.69, 9.17) is 12.2 Å². The molecule has 116 valence electrons. The van der Waals surface area contributed by atoms with E-state index in [2.05, 4.69) is 5.32 Å². The van der Waals surface area contributed by atoms with Gasteiger partial charge in [-0.25, -0.2) is 0 Å². The molecule has 1 atom stereocenters. The molecule has 1 unspecified atom stereocenters. The van der Waals surface area contributed by atoms with Crippen LogP contribution in [0.1, 0.15) is 5.56 Å². The second-order valence-electron chi connectivity index (χ2n) is 4.97. The highest BCUT2D eigenvalue weighted by Gasteiger charge is 2.62. The first-order chi connectivity index (χ1) is 10.9. The van der Waals surface area contributed by atoms with Crippen molar-refractivity contribution in [1.82, 2.24) is 10.2 Å². The zero-order valence-electron chi connectivity index (χ0n) is 11.6. The topological polar surface area (TPSA) is 39.1 Å². The van der Waals surface area contributed by atoms with Crippen molar-refractivity contribution in [3.63, 3.8) is 0 Å². The summed E-state index contributed by atoms with van der Waals surface area (Å²) in [5, 5.41) is 11.6. The van der Waals surface area contributed by atoms with Gasteiger partial charge in [-0.15, -0.1) is 0 Å². The quantitative estimate of drug-likeness (QED) is 0.799. The maximum Gasteiger partial charge on any atom is 0.435 e. The van der Waals surface area contributed by atoms with E-state index in [0.717, 1.165) is 4.90 Å². The second kappa shape index (κ2) is 5.25. The number of nitrogens with zero attached hydrogens (tertiary/aromatic N) is 2. The number of allylic oxidation sites excluding steroid dienone is 3. The van der Waals surface area contributed by atoms with Gasteiger partial charge in [-0.2, -0.15) is 18.4 Å². The largest absolute Gasteiger partial charge is 0.435 e. The minimum absolute atomic E-state index is 0.00992. The fraction of sp³-hybridized carbons (Fsp3) is 0.125. The first-order valence-corrected chi connectivity index (χ1v) is 7.06. The van der Waals surface area contributed by atoms with E-state index < -0.39 is 11.8 Å². The summed E-state index contributed by atoms with van der Waals surface area (Å²) in [6.07, 6.45) is 1.12. The smallest absolute Gasteiger partial charge is 0.341 e. The number of nitriles is 1. The molecule has 3 nitrogen and oxygen atoms in total. The number of nitrogens with one attached hydrogen (secondary N) is 1. The summed E-state index contributed by atoms with van der Waals surface area (Å²) in [5.74, 6) is 0. The molecule has 0 aromatic heterocycles. The molecule has 3 rings (SSSR count). The maximum absolute atomic E-state index is 14.1. The molecule has 0 fully saturated rings. The van der Waals surface area contributed by atoms with Gasteiger partial charge in [-0.1, -0.05) is 48.6 Å². The lowest BCUT2D eigenvalue weighted by molar-refractivity contribution is -0.231. The highest BCUT2D eigenvalue weighted by Crippen LogP contribution is 2.47. The highest BCUT2D eigenvalue weighted by molar-refractivity contribution is 7.80. The van der Waals surface area contributed by atoms with Gasteiger partial charge < -0.3 is 10.2 Å². The molecule has 1 aromatic carbocycles. The van der Waals surface area contributed by atoms with Crippen molar-refractivity contribution in [2.24, 2.45) is 0 Å². The van der Waals surface area contributed by atoms with Crippen LogP contribution in [0.25, 0.3) is 0 Å². The number of rotatable bonds is 1. The minimum Gasteiger partial charge on any atom is -0.341 e. The maximum atomic E-state index is 14.1. The Labute approximate surface area is 136 Å². The average Bonchev–Trinajstić information content (AvgIpc) is 2.54. The Morgan fingerprint density at radius 1 is 1.17 bits per heavy atom. The third kappa shape index (κ3) is 2.14. The summed E-state index contributed by atoms with van der Waals surface area (Å²) in [6.45, 7) is 0. The number of fused-ring (bicyclic) bond motifs is 1. The molecule has 23 heavy (non-hydrogen) atoms. The summed E-state index contributed by atoms with van der Waals surface area (Å²) in [5.41, 5.74) is -2.43. The van der Waals surface area contributed by atoms with Crippen LogP contribution in [0.15, 0.2) is 66.0 Å². The van der Waals surface area contributed by atoms with Crippen LogP contribution in [0.5, 0.6) is 0 Å². The number of hydrogen-bond acceptors (Lipinski definition) is 3. The summed E-state index contributed by atoms with van der Waals surface area (Å²) < 4.78 is 42.4. The Balaban J connectivity index is 2.33. The molecule has 0 bridgehead atoms. The highest BCUT2D eigenvalue weighted by atomic mass is 32.1. The molecule has 2 heterocycles. The van der Waals surface area contributed by atoms with Crippen LogP contribution < -0.4 is 5.32 Å². The van der Waals surface area contributed by atoms with Gasteiger partial charge in [0.25, 0.3) is 0 Å². The van der Waals surface area contributed by atoms with Crippen LogP contribution in [0.4, 0.5) is 13.2 Å². The molecule has 0 radical (unpaired) electrons. The molecular weight excluding hydrogens is 323 g/mol. The van der Waals surface area contributed by atoms with Gasteiger partial charge in [0.2, 0.25) is 5.66 Å². The fourth-order valence-corrected chi connectivity index (χ4v) is 3.01. The van der Waals surface area contributed by atoms with E-state index in [-0.39, 0.29) is 21.8 Å². The van der Waals surface area contributed by atoms with Crippen molar-refractivity contribution in [1.29, 1.82) is 5.26 Å². The van der Waals surface area contributed by atoms with E-state index in [1.807, 2.05) is 6.07 Å². The summed E-state index contributed by atoms with van der Waals surface area (Å²) >= 11 is 5.04. The third-order valence-corrected chi connectivity index (χ3v) is 4.02. The normalized spacial score (nSPS) is 23.4. The van der Waals surface area contributed by atoms with Gasteiger partial charge >= 0.3 is 6.18 Å². The number of alkyl halides is 3. The standard InChI is InChI=1S/C16H10F3N3S/c17-16(18,19)15(11-6-2-1-3-7-11)21-14(23)12(10-20)13-8-4-5-9-22(13)15/h1-9H,(H,21,23). The van der Waals surface area contributed by atoms with E-state index in [0.29, 0.717) is 0 Å². The molecule has 2 aliphatic heterocycles. The Kier molecular flexibility index (Phi) is 3.49. The fourth-order valence-electron chi connectivity index (χ4n) is 2.71. The zero-order chi connectivity index (χ0) is 16.7. The Bertz CT molecular complexity index is 787. The van der Waals surface area contributed by atoms with E-state index >= 15 is 0 Å². The lowest BCUT2D eigenvalue weighted by atomic mass is 9.91. The number of benzene rings is 1. The average molecular weight is 333 g/mol. The Morgan fingerprint density at radius 2 is 1.87 bits per heavy atom. The van der Waals surface area contributed by atoms with Gasteiger partial charge in [0.15, 0.2) is 0 Å². The predicted octanol–water partition coefficient (Wildman–Crippen LogP) is 3.50. The van der Waals surface area contributed by atoms with Crippen molar-refractivity contribution < 1.29 is 13.2 Å². The van der Waals surface area contributed by atoms with Crippen LogP contribution in [0.3, 0.4) is 0 Å². The van der Waals surface area contributed by atoms with Crippen molar-refractivity contribution in [3.8, 4) is 6.07 Å². The summed E-state index contributed by atoms with van der Waals surface area (Å²) in [6, 6.07) is 9.33. The number of halogens is 3. The molecule has 0 saturated heterocycles. The van der Waals surface area contributed by atoms with Gasteiger partial charge in [0, 0.05) is 11.8 Å². The molecule has 0 spiro atoms. The molecule has 1 N–H and O–H groups in total. The molecule has 2 aliphatic rings. The lowest BCUT2D eigenvalue weighted by Gasteiger charge is -2.49. The summed E-state index contributed by atoms with van der Waals surface area (Å²) in [4.78, 5) is 0.788. The third-order valence-electron chi connectivity index (χ3n) is 3.71. The molecule has 1 aromatic rings. The monoisotopic (exact) mass is 333 g/mol. The zero-order valence-corrected chi connectivity index (χ0v) is 12.4. The first-order valence-electron chi connectivity index (χ1n) is 6.65. The molecule has 0 aliphatic carbocycles. The van der Waals surface area contributed by atoms with Crippen LogP contribution in [0, 0.1) is 11.3 Å². The second-order valence-corrected chi connectivity index (χ2v) is 5.38. The van der Waals surface area contributed by atoms with Crippen LogP contribution in [-0.2, 0) is 5.66 Å². The van der Waals surface area contributed by atoms with E-state index in [1.54, 1.807) is 12.1 Å². The van der Waals surface area contributed by atoms with Crippen molar-refractivity contribution in [2.45, 2.75) is 11.8 Å². The number of hydrogen-bond donors (Lipinski definition) is 1. The van der Waals surface area contributed by atoms with Crippen LogP contribution in [0.2, 0.25) is 0 Å². The lowest BCUT2D eigenvalue weighted by Crippen LogP contribution is -2.66. The SMILES string of the molecule is N#CC1=C2C=CC=CN2C(c2ccccc2)(C(F)(F)F)NC1=S. The van der Waals surface area contributed by atoms with E-state index in [1.165, 1.54) is 42.6 Å². The Hall–Kier alpha value is -2.59. The molecular formula is C16H10F3N3S. The van der Waals surface area contributed by atoms with Crippen molar-refractivity contribution in [3.05, 3.63) is 71.6 Å². The Morgan fingerprint density at radius 3 is 2.48 bits per heavy atom. The first kappa shape index (κ1) is 15.3. The van der Waals surface area contributed by atoms with Gasteiger partial charge in [-0.05, 0) is 12.2 Å². The van der Waals surface area contributed by atoms with Gasteiger partial charge in [-0.3, -0.25) is 0 Å². The molecule has 0 saturated carbocycles. The predicted molar refractivity (Wildman–Crippen MR) is 82.7 cm³/mol. The molecule has 7 heteroatoms. The van der Waals surface area contributed by atoms with Crippen LogP contribution >= 0.6 is 12.2 Å². The van der Waals surface area contributed by atoms with E-state index in [9.17, 15) is 18.4 Å². The van der Waals surface area contributed by atoms with Gasteiger partial charge in [0.1, 0.15) is 16.6 Å². The van der Waals surface area contributed by atoms with Crippen LogP contribution in [-0.4, -0.2) is 16.1 Å². The van der Waals surface area contributed by atoms with Crippen molar-refractivity contribution in [2.75, 3.05) is 0 Å². The van der Waals surface area contributed by atoms with Gasteiger partial charge in [0.05, 0.1) is 5.70 Å².